The van der Waals surface area contributed by atoms with Crippen molar-refractivity contribution in [1.82, 2.24) is 0 Å². The lowest BCUT2D eigenvalue weighted by atomic mass is 10.5. The van der Waals surface area contributed by atoms with E-state index in [1.54, 1.807) is 7.11 Å². The fourth-order valence-electron chi connectivity index (χ4n) is 0.719. The molecule has 0 spiro atoms. The molecule has 0 aromatic carbocycles. The van der Waals surface area contributed by atoms with Crippen LogP contribution in [0.25, 0.3) is 0 Å². The highest BCUT2D eigenvalue weighted by atomic mass is 28.2. The van der Waals surface area contributed by atoms with Crippen LogP contribution in [0.4, 0.5) is 0 Å². The lowest BCUT2D eigenvalue weighted by Crippen LogP contribution is -2.20. The third kappa shape index (κ3) is 3.31. The second-order valence-corrected chi connectivity index (χ2v) is 4.62. The van der Waals surface area contributed by atoms with Crippen molar-refractivity contribution in [3.63, 3.8) is 0 Å². The average Bonchev–Trinajstić information content (AvgIpc) is 2.67. The molecule has 1 saturated heterocycles. The van der Waals surface area contributed by atoms with Crippen LogP contribution in [0.3, 0.4) is 0 Å². The van der Waals surface area contributed by atoms with E-state index >= 15 is 0 Å². The van der Waals surface area contributed by atoms with Gasteiger partial charge in [0.2, 0.25) is 0 Å². The number of ether oxygens (including phenoxy) is 2. The Morgan fingerprint density at radius 3 is 3.00 bits per heavy atom. The van der Waals surface area contributed by atoms with Crippen molar-refractivity contribution in [3.05, 3.63) is 0 Å². The fourth-order valence-corrected chi connectivity index (χ4v) is 1.42. The van der Waals surface area contributed by atoms with Crippen molar-refractivity contribution in [1.29, 1.82) is 0 Å². The van der Waals surface area contributed by atoms with E-state index in [9.17, 15) is 0 Å². The van der Waals surface area contributed by atoms with Crippen molar-refractivity contribution >= 4 is 9.76 Å². The Bertz CT molecular complexity index is 95.0. The second-order valence-electron chi connectivity index (χ2n) is 2.55. The van der Waals surface area contributed by atoms with E-state index in [4.69, 9.17) is 13.9 Å². The van der Waals surface area contributed by atoms with E-state index in [2.05, 4.69) is 6.92 Å². The van der Waals surface area contributed by atoms with Gasteiger partial charge in [-0.25, -0.2) is 0 Å². The normalized spacial score (nSPS) is 27.6. The quantitative estimate of drug-likeness (QED) is 0.402. The van der Waals surface area contributed by atoms with Crippen LogP contribution in [0.15, 0.2) is 0 Å². The summed E-state index contributed by atoms with van der Waals surface area (Å²) in [6.45, 7) is 3.68. The molecule has 2 unspecified atom stereocenters. The molecule has 1 heterocycles. The standard InChI is InChI=1S/C6H14O3Si/c1-5(10-7-2)8-3-6-4-9-6/h5-6H,3-4,10H2,1-2H3. The molecule has 1 aliphatic heterocycles. The van der Waals surface area contributed by atoms with E-state index in [1.165, 1.54) is 0 Å². The molecule has 0 aromatic heterocycles. The molecule has 0 aromatic rings. The van der Waals surface area contributed by atoms with Gasteiger partial charge in [0, 0.05) is 7.11 Å². The smallest absolute Gasteiger partial charge is 0.189 e. The van der Waals surface area contributed by atoms with Crippen LogP contribution in [-0.2, 0) is 13.9 Å². The first-order valence-electron chi connectivity index (χ1n) is 3.55. The predicted molar refractivity (Wildman–Crippen MR) is 40.7 cm³/mol. The van der Waals surface area contributed by atoms with Crippen LogP contribution in [0.2, 0.25) is 0 Å². The average molecular weight is 162 g/mol. The zero-order valence-corrected chi connectivity index (χ0v) is 7.91. The largest absolute Gasteiger partial charge is 0.425 e. The van der Waals surface area contributed by atoms with Crippen molar-refractivity contribution < 1.29 is 13.9 Å². The predicted octanol–water partition coefficient (Wildman–Crippen LogP) is -0.522. The van der Waals surface area contributed by atoms with E-state index in [-0.39, 0.29) is 0 Å². The molecule has 60 valence electrons. The molecule has 1 aliphatic rings. The summed E-state index contributed by atoms with van der Waals surface area (Å²) in [5, 5.41) is 0. The minimum atomic E-state index is -0.447. The third-order valence-corrected chi connectivity index (χ3v) is 2.41. The Balaban J connectivity index is 1.89. The molecule has 0 aliphatic carbocycles. The van der Waals surface area contributed by atoms with Crippen molar-refractivity contribution in [2.75, 3.05) is 20.3 Å². The van der Waals surface area contributed by atoms with Crippen LogP contribution in [0.1, 0.15) is 6.92 Å². The van der Waals surface area contributed by atoms with E-state index in [0.29, 0.717) is 11.8 Å². The number of hydrogen-bond acceptors (Lipinski definition) is 3. The van der Waals surface area contributed by atoms with Gasteiger partial charge in [0.15, 0.2) is 9.76 Å². The summed E-state index contributed by atoms with van der Waals surface area (Å²) in [5.74, 6) is 0. The van der Waals surface area contributed by atoms with Gasteiger partial charge in [0.25, 0.3) is 0 Å². The maximum absolute atomic E-state index is 5.42. The summed E-state index contributed by atoms with van der Waals surface area (Å²) < 4.78 is 15.4. The van der Waals surface area contributed by atoms with Gasteiger partial charge in [0.1, 0.15) is 6.10 Å². The first-order valence-corrected chi connectivity index (χ1v) is 4.94. The van der Waals surface area contributed by atoms with Gasteiger partial charge < -0.3 is 13.9 Å². The minimum absolute atomic E-state index is 0.328. The molecule has 3 nitrogen and oxygen atoms in total. The minimum Gasteiger partial charge on any atom is -0.425 e. The monoisotopic (exact) mass is 162 g/mol. The van der Waals surface area contributed by atoms with Crippen molar-refractivity contribution in [2.45, 2.75) is 18.8 Å². The molecule has 0 bridgehead atoms. The zero-order valence-electron chi connectivity index (χ0n) is 6.50. The summed E-state index contributed by atoms with van der Waals surface area (Å²) in [4.78, 5) is 0. The molecule has 0 saturated carbocycles. The summed E-state index contributed by atoms with van der Waals surface area (Å²) in [6.07, 6.45) is 0.383. The maximum atomic E-state index is 5.42. The summed E-state index contributed by atoms with van der Waals surface area (Å²) in [5.41, 5.74) is 0.328. The highest BCUT2D eigenvalue weighted by Gasteiger charge is 2.23. The molecule has 1 rings (SSSR count). The van der Waals surface area contributed by atoms with Crippen LogP contribution >= 0.6 is 0 Å². The summed E-state index contributed by atoms with van der Waals surface area (Å²) in [7, 11) is 1.29. The molecule has 0 amide bonds. The lowest BCUT2D eigenvalue weighted by molar-refractivity contribution is 0.0920. The van der Waals surface area contributed by atoms with Gasteiger partial charge in [-0.2, -0.15) is 0 Å². The fraction of sp³-hybridized carbons (Fsp3) is 1.00. The molecule has 10 heavy (non-hydrogen) atoms. The zero-order chi connectivity index (χ0) is 7.40. The highest BCUT2D eigenvalue weighted by Crippen LogP contribution is 2.09. The van der Waals surface area contributed by atoms with Gasteiger partial charge in [-0.3, -0.25) is 0 Å². The van der Waals surface area contributed by atoms with Gasteiger partial charge in [-0.05, 0) is 6.92 Å². The highest BCUT2D eigenvalue weighted by molar-refractivity contribution is 6.28. The lowest BCUT2D eigenvalue weighted by Gasteiger charge is -2.08. The summed E-state index contributed by atoms with van der Waals surface area (Å²) in [6, 6.07) is 0. The molecule has 0 radical (unpaired) electrons. The molecule has 1 fully saturated rings. The number of hydrogen-bond donors (Lipinski definition) is 0. The van der Waals surface area contributed by atoms with Crippen molar-refractivity contribution in [2.24, 2.45) is 0 Å². The third-order valence-electron chi connectivity index (χ3n) is 1.37. The molecular formula is C6H14O3Si. The number of epoxide rings is 1. The Morgan fingerprint density at radius 2 is 2.50 bits per heavy atom. The van der Waals surface area contributed by atoms with E-state index < -0.39 is 9.76 Å². The van der Waals surface area contributed by atoms with Gasteiger partial charge >= 0.3 is 0 Å². The van der Waals surface area contributed by atoms with Crippen molar-refractivity contribution in [3.8, 4) is 0 Å². The summed E-state index contributed by atoms with van der Waals surface area (Å²) >= 11 is 0. The van der Waals surface area contributed by atoms with Gasteiger partial charge in [-0.15, -0.1) is 0 Å². The molecule has 0 N–H and O–H groups in total. The molecule has 4 heteroatoms. The van der Waals surface area contributed by atoms with Crippen LogP contribution < -0.4 is 0 Å². The number of rotatable bonds is 5. The van der Waals surface area contributed by atoms with Gasteiger partial charge in [0.05, 0.1) is 18.9 Å². The van der Waals surface area contributed by atoms with E-state index in [0.717, 1.165) is 13.2 Å². The van der Waals surface area contributed by atoms with Crippen LogP contribution in [-0.4, -0.2) is 41.9 Å². The first-order chi connectivity index (χ1) is 4.83. The SMILES string of the molecule is CO[SiH2]C(C)OCC1CO1. The van der Waals surface area contributed by atoms with Crippen LogP contribution in [0.5, 0.6) is 0 Å². The molecule has 2 atom stereocenters. The first kappa shape index (κ1) is 8.20. The Kier molecular flexibility index (Phi) is 3.34. The van der Waals surface area contributed by atoms with Gasteiger partial charge in [-0.1, -0.05) is 0 Å². The van der Waals surface area contributed by atoms with E-state index in [1.807, 2.05) is 0 Å². The molecular weight excluding hydrogens is 148 g/mol. The topological polar surface area (TPSA) is 31.0 Å². The second kappa shape index (κ2) is 4.08. The van der Waals surface area contributed by atoms with Crippen LogP contribution in [0, 0.1) is 0 Å². The Labute approximate surface area is 63.6 Å². The maximum Gasteiger partial charge on any atom is 0.189 e. The Morgan fingerprint density at radius 1 is 1.80 bits per heavy atom. The Hall–Kier alpha value is 0.0969.